The lowest BCUT2D eigenvalue weighted by atomic mass is 9.76. The molecule has 0 radical (unpaired) electrons. The summed E-state index contributed by atoms with van der Waals surface area (Å²) < 4.78 is 20.2. The molecule has 1 aliphatic heterocycles. The van der Waals surface area contributed by atoms with Crippen LogP contribution in [0.4, 0.5) is 4.39 Å². The highest BCUT2D eigenvalue weighted by atomic mass is 79.9. The van der Waals surface area contributed by atoms with Crippen molar-refractivity contribution < 1.29 is 9.13 Å². The predicted molar refractivity (Wildman–Crippen MR) is 64.3 cm³/mol. The molecule has 1 fully saturated rings. The zero-order valence-corrected chi connectivity index (χ0v) is 11.0. The zero-order valence-electron chi connectivity index (χ0n) is 9.44. The first-order chi connectivity index (χ1) is 7.42. The molecule has 1 aliphatic carbocycles. The van der Waals surface area contributed by atoms with Crippen LogP contribution in [-0.2, 0) is 5.41 Å². The highest BCUT2D eigenvalue weighted by Crippen LogP contribution is 2.56. The van der Waals surface area contributed by atoms with Crippen molar-refractivity contribution in [3.63, 3.8) is 0 Å². The van der Waals surface area contributed by atoms with Gasteiger partial charge in [-0.15, -0.1) is 0 Å². The van der Waals surface area contributed by atoms with Crippen molar-refractivity contribution in [1.29, 1.82) is 0 Å². The van der Waals surface area contributed by atoms with Crippen LogP contribution in [0.1, 0.15) is 38.7 Å². The molecule has 0 aromatic heterocycles. The van der Waals surface area contributed by atoms with Gasteiger partial charge in [-0.1, -0.05) is 13.8 Å². The number of ether oxygens (including phenoxy) is 1. The molecule has 1 aromatic carbocycles. The number of hydrogen-bond donors (Lipinski definition) is 0. The minimum absolute atomic E-state index is 0.00525. The Kier molecular flexibility index (Phi) is 1.99. The van der Waals surface area contributed by atoms with Crippen LogP contribution >= 0.6 is 15.9 Å². The molecule has 0 saturated heterocycles. The Morgan fingerprint density at radius 2 is 2.00 bits per heavy atom. The van der Waals surface area contributed by atoms with E-state index in [-0.39, 0.29) is 16.8 Å². The summed E-state index contributed by atoms with van der Waals surface area (Å²) >= 11 is 3.40. The Hall–Kier alpha value is -0.570. The van der Waals surface area contributed by atoms with E-state index < -0.39 is 0 Å². The fourth-order valence-corrected chi connectivity index (χ4v) is 3.25. The number of fused-ring (bicyclic) bond motifs is 1. The van der Waals surface area contributed by atoms with E-state index in [9.17, 15) is 4.39 Å². The van der Waals surface area contributed by atoms with Crippen molar-refractivity contribution in [2.75, 3.05) is 0 Å². The summed E-state index contributed by atoms with van der Waals surface area (Å²) in [6.45, 7) is 4.33. The Balaban J connectivity index is 2.19. The van der Waals surface area contributed by atoms with E-state index in [0.29, 0.717) is 0 Å². The quantitative estimate of drug-likeness (QED) is 0.694. The monoisotopic (exact) mass is 284 g/mol. The van der Waals surface area contributed by atoms with E-state index in [4.69, 9.17) is 4.74 Å². The molecular formula is C13H14BrFO. The second-order valence-electron chi connectivity index (χ2n) is 5.61. The van der Waals surface area contributed by atoms with Crippen molar-refractivity contribution >= 4 is 15.9 Å². The van der Waals surface area contributed by atoms with Gasteiger partial charge in [0.1, 0.15) is 17.2 Å². The van der Waals surface area contributed by atoms with Crippen molar-refractivity contribution in [2.45, 2.75) is 44.1 Å². The van der Waals surface area contributed by atoms with Gasteiger partial charge in [0.2, 0.25) is 0 Å². The average molecular weight is 285 g/mol. The van der Waals surface area contributed by atoms with Crippen LogP contribution < -0.4 is 4.74 Å². The molecular weight excluding hydrogens is 271 g/mol. The molecule has 0 bridgehead atoms. The van der Waals surface area contributed by atoms with Gasteiger partial charge in [-0.3, -0.25) is 0 Å². The molecule has 0 atom stereocenters. The molecule has 0 N–H and O–H groups in total. The SMILES string of the molecule is CC1(C)CC2(CC2)Oc2c(Br)cc(F)cc21. The van der Waals surface area contributed by atoms with Gasteiger partial charge >= 0.3 is 0 Å². The van der Waals surface area contributed by atoms with Crippen LogP contribution in [0.15, 0.2) is 16.6 Å². The standard InChI is InChI=1S/C13H14BrFO/c1-12(2)7-13(3-4-13)16-11-9(12)5-8(15)6-10(11)14/h5-6H,3-4,7H2,1-2H3. The second kappa shape index (κ2) is 3.00. The van der Waals surface area contributed by atoms with E-state index in [1.807, 2.05) is 0 Å². The summed E-state index contributed by atoms with van der Waals surface area (Å²) in [5, 5.41) is 0. The number of benzene rings is 1. The fourth-order valence-electron chi connectivity index (χ4n) is 2.74. The first kappa shape index (κ1) is 10.6. The van der Waals surface area contributed by atoms with Gasteiger partial charge in [0.15, 0.2) is 0 Å². The fraction of sp³-hybridized carbons (Fsp3) is 0.538. The molecule has 0 unspecified atom stereocenters. The number of rotatable bonds is 0. The maximum absolute atomic E-state index is 13.4. The molecule has 3 heteroatoms. The molecule has 1 saturated carbocycles. The maximum atomic E-state index is 13.4. The largest absolute Gasteiger partial charge is 0.486 e. The maximum Gasteiger partial charge on any atom is 0.138 e. The Bertz CT molecular complexity index is 463. The van der Waals surface area contributed by atoms with Gasteiger partial charge in [-0.25, -0.2) is 4.39 Å². The van der Waals surface area contributed by atoms with Crippen molar-refractivity contribution in [2.24, 2.45) is 0 Å². The van der Waals surface area contributed by atoms with Crippen LogP contribution in [-0.4, -0.2) is 5.60 Å². The van der Waals surface area contributed by atoms with Crippen LogP contribution in [0.3, 0.4) is 0 Å². The first-order valence-corrected chi connectivity index (χ1v) is 6.40. The Labute approximate surface area is 103 Å². The molecule has 3 rings (SSSR count). The summed E-state index contributed by atoms with van der Waals surface area (Å²) in [5.41, 5.74) is 1.02. The zero-order chi connectivity index (χ0) is 11.6. The molecule has 1 spiro atoms. The van der Waals surface area contributed by atoms with E-state index in [1.54, 1.807) is 6.07 Å². The van der Waals surface area contributed by atoms with Crippen LogP contribution in [0.5, 0.6) is 5.75 Å². The number of hydrogen-bond acceptors (Lipinski definition) is 1. The lowest BCUT2D eigenvalue weighted by Crippen LogP contribution is -2.36. The first-order valence-electron chi connectivity index (χ1n) is 5.61. The van der Waals surface area contributed by atoms with Crippen molar-refractivity contribution in [3.05, 3.63) is 28.0 Å². The highest BCUT2D eigenvalue weighted by molar-refractivity contribution is 9.10. The minimum Gasteiger partial charge on any atom is -0.486 e. The number of halogens is 2. The average Bonchev–Trinajstić information content (AvgIpc) is 2.87. The van der Waals surface area contributed by atoms with E-state index in [0.717, 1.165) is 35.0 Å². The third-order valence-electron chi connectivity index (χ3n) is 3.63. The second-order valence-corrected chi connectivity index (χ2v) is 6.46. The summed E-state index contributed by atoms with van der Waals surface area (Å²) in [5.74, 6) is 0.643. The molecule has 16 heavy (non-hydrogen) atoms. The molecule has 1 nitrogen and oxygen atoms in total. The molecule has 2 aliphatic rings. The topological polar surface area (TPSA) is 9.23 Å². The van der Waals surface area contributed by atoms with Crippen LogP contribution in [0, 0.1) is 5.82 Å². The van der Waals surface area contributed by atoms with Gasteiger partial charge in [-0.2, -0.15) is 0 Å². The summed E-state index contributed by atoms with van der Waals surface area (Å²) in [6, 6.07) is 3.09. The normalized spacial score (nSPS) is 23.8. The van der Waals surface area contributed by atoms with Gasteiger partial charge in [-0.05, 0) is 52.7 Å². The predicted octanol–water partition coefficient (Wildman–Crippen LogP) is 4.18. The van der Waals surface area contributed by atoms with Crippen LogP contribution in [0.25, 0.3) is 0 Å². The van der Waals surface area contributed by atoms with Gasteiger partial charge in [0.25, 0.3) is 0 Å². The third kappa shape index (κ3) is 1.48. The Morgan fingerprint density at radius 3 is 2.62 bits per heavy atom. The van der Waals surface area contributed by atoms with E-state index in [2.05, 4.69) is 29.8 Å². The van der Waals surface area contributed by atoms with Gasteiger partial charge in [0.05, 0.1) is 4.47 Å². The highest BCUT2D eigenvalue weighted by Gasteiger charge is 2.53. The van der Waals surface area contributed by atoms with Crippen molar-refractivity contribution in [1.82, 2.24) is 0 Å². The van der Waals surface area contributed by atoms with Crippen molar-refractivity contribution in [3.8, 4) is 5.75 Å². The minimum atomic E-state index is -0.200. The molecule has 1 heterocycles. The van der Waals surface area contributed by atoms with Crippen LogP contribution in [0.2, 0.25) is 0 Å². The molecule has 0 amide bonds. The molecule has 86 valence electrons. The lowest BCUT2D eigenvalue weighted by Gasteiger charge is -2.38. The summed E-state index contributed by atoms with van der Waals surface area (Å²) in [7, 11) is 0. The van der Waals surface area contributed by atoms with Gasteiger partial charge < -0.3 is 4.74 Å². The summed E-state index contributed by atoms with van der Waals surface area (Å²) in [6.07, 6.45) is 3.24. The van der Waals surface area contributed by atoms with E-state index in [1.165, 1.54) is 6.07 Å². The third-order valence-corrected chi connectivity index (χ3v) is 4.22. The lowest BCUT2D eigenvalue weighted by molar-refractivity contribution is 0.111. The van der Waals surface area contributed by atoms with E-state index >= 15 is 0 Å². The summed E-state index contributed by atoms with van der Waals surface area (Å²) in [4.78, 5) is 0. The molecule has 1 aromatic rings. The van der Waals surface area contributed by atoms with Gasteiger partial charge in [0, 0.05) is 5.56 Å². The smallest absolute Gasteiger partial charge is 0.138 e. The Morgan fingerprint density at radius 1 is 1.31 bits per heavy atom.